The van der Waals surface area contributed by atoms with Gasteiger partial charge in [-0.3, -0.25) is 14.9 Å². The smallest absolute Gasteiger partial charge is 0.258 e. The summed E-state index contributed by atoms with van der Waals surface area (Å²) < 4.78 is 6.33. The van der Waals surface area contributed by atoms with Crippen molar-refractivity contribution >= 4 is 79.7 Å². The first-order valence-electron chi connectivity index (χ1n) is 12.4. The van der Waals surface area contributed by atoms with Crippen molar-refractivity contribution in [1.82, 2.24) is 10.2 Å². The second-order valence-corrected chi connectivity index (χ2v) is 11.0. The molecule has 1 aliphatic rings. The Morgan fingerprint density at radius 3 is 2.36 bits per heavy atom. The second kappa shape index (κ2) is 13.5. The summed E-state index contributed by atoms with van der Waals surface area (Å²) in [5.74, 6) is 0.347. The summed E-state index contributed by atoms with van der Waals surface area (Å²) in [6.45, 7) is 5.17. The molecule has 0 radical (unpaired) electrons. The van der Waals surface area contributed by atoms with Gasteiger partial charge in [-0.25, -0.2) is 0 Å². The van der Waals surface area contributed by atoms with Crippen LogP contribution >= 0.6 is 51.3 Å². The zero-order valence-corrected chi connectivity index (χ0v) is 25.1. The third-order valence-corrected chi connectivity index (χ3v) is 7.42. The number of hydrogen-bond donors (Lipinski definition) is 2. The standard InChI is InChI=1S/C28H27BrCl2N4O3S/c1-2-15-38-21-7-3-18(4-8-21)27(37)35-13-11-34(12-14-35)25-10-6-20(17-24(25)31)32-28(39)33-26(36)22-16-19(29)5-9-23(22)30/h3-10,16-17H,2,11-15H2,1H3,(H2,32,33,36,39). The van der Waals surface area contributed by atoms with Crippen molar-refractivity contribution in [1.29, 1.82) is 0 Å². The van der Waals surface area contributed by atoms with Gasteiger partial charge in [0.05, 0.1) is 27.9 Å². The van der Waals surface area contributed by atoms with Gasteiger partial charge in [0.1, 0.15) is 5.75 Å². The third kappa shape index (κ3) is 7.63. The van der Waals surface area contributed by atoms with Crippen LogP contribution < -0.4 is 20.3 Å². The van der Waals surface area contributed by atoms with Gasteiger partial charge in [0, 0.05) is 41.9 Å². The highest BCUT2D eigenvalue weighted by Gasteiger charge is 2.23. The Bertz CT molecular complexity index is 1370. The van der Waals surface area contributed by atoms with Crippen LogP contribution in [0.25, 0.3) is 0 Å². The fourth-order valence-electron chi connectivity index (χ4n) is 4.09. The van der Waals surface area contributed by atoms with E-state index >= 15 is 0 Å². The van der Waals surface area contributed by atoms with Crippen LogP contribution in [0.3, 0.4) is 0 Å². The van der Waals surface area contributed by atoms with Crippen LogP contribution in [0.15, 0.2) is 65.1 Å². The Balaban J connectivity index is 1.31. The average molecular weight is 650 g/mol. The molecular weight excluding hydrogens is 623 g/mol. The lowest BCUT2D eigenvalue weighted by Gasteiger charge is -2.36. The molecule has 3 aromatic carbocycles. The Hall–Kier alpha value is -2.85. The predicted octanol–water partition coefficient (Wildman–Crippen LogP) is 6.63. The maximum absolute atomic E-state index is 13.0. The summed E-state index contributed by atoms with van der Waals surface area (Å²) in [4.78, 5) is 29.5. The number of amides is 2. The summed E-state index contributed by atoms with van der Waals surface area (Å²) in [5, 5.41) is 6.59. The van der Waals surface area contributed by atoms with Gasteiger partial charge in [-0.1, -0.05) is 46.1 Å². The number of rotatable bonds is 7. The molecule has 3 aromatic rings. The highest BCUT2D eigenvalue weighted by atomic mass is 79.9. The molecule has 0 spiro atoms. The molecule has 2 amide bonds. The summed E-state index contributed by atoms with van der Waals surface area (Å²) >= 11 is 21.4. The Labute approximate surface area is 251 Å². The van der Waals surface area contributed by atoms with Crippen molar-refractivity contribution in [2.75, 3.05) is 43.0 Å². The molecule has 0 unspecified atom stereocenters. The van der Waals surface area contributed by atoms with Crippen molar-refractivity contribution in [2.45, 2.75) is 13.3 Å². The Morgan fingerprint density at radius 1 is 0.974 bits per heavy atom. The number of thiocarbonyl (C=S) groups is 1. The van der Waals surface area contributed by atoms with E-state index in [1.165, 1.54) is 0 Å². The monoisotopic (exact) mass is 648 g/mol. The van der Waals surface area contributed by atoms with Gasteiger partial charge >= 0.3 is 0 Å². The van der Waals surface area contributed by atoms with Gasteiger partial charge in [-0.2, -0.15) is 0 Å². The maximum atomic E-state index is 13.0. The molecule has 1 aliphatic heterocycles. The SMILES string of the molecule is CCCOc1ccc(C(=O)N2CCN(c3ccc(NC(=S)NC(=O)c4cc(Br)ccc4Cl)cc3Cl)CC2)cc1. The molecule has 0 aromatic heterocycles. The number of nitrogens with zero attached hydrogens (tertiary/aromatic N) is 2. The molecule has 39 heavy (non-hydrogen) atoms. The molecule has 1 fully saturated rings. The molecule has 1 saturated heterocycles. The average Bonchev–Trinajstić information content (AvgIpc) is 2.93. The minimum absolute atomic E-state index is 0.00189. The Morgan fingerprint density at radius 2 is 1.69 bits per heavy atom. The first-order chi connectivity index (χ1) is 18.7. The van der Waals surface area contributed by atoms with Crippen molar-refractivity contribution in [2.24, 2.45) is 0 Å². The molecular formula is C28H27BrCl2N4O3S. The third-order valence-electron chi connectivity index (χ3n) is 6.09. The molecule has 0 bridgehead atoms. The number of hydrogen-bond acceptors (Lipinski definition) is 5. The van der Waals surface area contributed by atoms with Crippen LogP contribution in [0, 0.1) is 0 Å². The second-order valence-electron chi connectivity index (χ2n) is 8.85. The van der Waals surface area contributed by atoms with Crippen LogP contribution in [-0.2, 0) is 0 Å². The molecule has 0 atom stereocenters. The van der Waals surface area contributed by atoms with Gasteiger partial charge in [0.15, 0.2) is 5.11 Å². The van der Waals surface area contributed by atoms with Crippen LogP contribution in [0.2, 0.25) is 10.0 Å². The van der Waals surface area contributed by atoms with Gasteiger partial charge in [-0.15, -0.1) is 0 Å². The van der Waals surface area contributed by atoms with Crippen molar-refractivity contribution in [3.63, 3.8) is 0 Å². The van der Waals surface area contributed by atoms with E-state index < -0.39 is 5.91 Å². The lowest BCUT2D eigenvalue weighted by Crippen LogP contribution is -2.48. The highest BCUT2D eigenvalue weighted by Crippen LogP contribution is 2.30. The van der Waals surface area contributed by atoms with Gasteiger partial charge in [0.2, 0.25) is 0 Å². The van der Waals surface area contributed by atoms with Crippen molar-refractivity contribution < 1.29 is 14.3 Å². The summed E-state index contributed by atoms with van der Waals surface area (Å²) in [6, 6.07) is 17.8. The van der Waals surface area contributed by atoms with E-state index in [9.17, 15) is 9.59 Å². The van der Waals surface area contributed by atoms with Gasteiger partial charge < -0.3 is 19.9 Å². The van der Waals surface area contributed by atoms with Crippen LogP contribution in [-0.4, -0.2) is 54.6 Å². The lowest BCUT2D eigenvalue weighted by atomic mass is 10.1. The number of piperazine rings is 1. The minimum Gasteiger partial charge on any atom is -0.494 e. The predicted molar refractivity (Wildman–Crippen MR) is 165 cm³/mol. The summed E-state index contributed by atoms with van der Waals surface area (Å²) in [7, 11) is 0. The number of nitrogens with one attached hydrogen (secondary N) is 2. The van der Waals surface area contributed by atoms with E-state index in [1.54, 1.807) is 24.3 Å². The van der Waals surface area contributed by atoms with E-state index in [2.05, 4.69) is 38.4 Å². The quantitative estimate of drug-likeness (QED) is 0.280. The van der Waals surface area contributed by atoms with Gasteiger partial charge in [0.25, 0.3) is 11.8 Å². The number of halogens is 3. The molecule has 4 rings (SSSR count). The number of carbonyl (C=O) groups is 2. The highest BCUT2D eigenvalue weighted by molar-refractivity contribution is 9.10. The largest absolute Gasteiger partial charge is 0.494 e. The van der Waals surface area contributed by atoms with E-state index in [0.29, 0.717) is 59.6 Å². The number of benzene rings is 3. The number of ether oxygens (including phenoxy) is 1. The van der Waals surface area contributed by atoms with E-state index in [0.717, 1.165) is 22.3 Å². The van der Waals surface area contributed by atoms with Gasteiger partial charge in [-0.05, 0) is 79.3 Å². The first kappa shape index (κ1) is 29.1. The van der Waals surface area contributed by atoms with E-state index in [-0.39, 0.29) is 11.0 Å². The van der Waals surface area contributed by atoms with E-state index in [1.807, 2.05) is 41.3 Å². The van der Waals surface area contributed by atoms with Crippen LogP contribution in [0.1, 0.15) is 34.1 Å². The molecule has 7 nitrogen and oxygen atoms in total. The topological polar surface area (TPSA) is 73.9 Å². The lowest BCUT2D eigenvalue weighted by molar-refractivity contribution is 0.0746. The first-order valence-corrected chi connectivity index (χ1v) is 14.3. The summed E-state index contributed by atoms with van der Waals surface area (Å²) in [6.07, 6.45) is 0.933. The van der Waals surface area contributed by atoms with E-state index in [4.69, 9.17) is 40.2 Å². The van der Waals surface area contributed by atoms with Crippen LogP contribution in [0.4, 0.5) is 11.4 Å². The zero-order valence-electron chi connectivity index (χ0n) is 21.2. The number of carbonyl (C=O) groups excluding carboxylic acids is 2. The molecule has 11 heteroatoms. The van der Waals surface area contributed by atoms with Crippen LogP contribution in [0.5, 0.6) is 5.75 Å². The molecule has 0 saturated carbocycles. The number of anilines is 2. The molecule has 0 aliphatic carbocycles. The maximum Gasteiger partial charge on any atom is 0.258 e. The summed E-state index contributed by atoms with van der Waals surface area (Å²) in [5.41, 5.74) is 2.45. The van der Waals surface area contributed by atoms with Crippen molar-refractivity contribution in [3.05, 3.63) is 86.3 Å². The normalized spacial score (nSPS) is 13.1. The Kier molecular flexibility index (Phi) is 10.1. The minimum atomic E-state index is -0.422. The fourth-order valence-corrected chi connectivity index (χ4v) is 5.17. The zero-order chi connectivity index (χ0) is 27.9. The molecule has 1 heterocycles. The fraction of sp³-hybridized carbons (Fsp3) is 0.250. The van der Waals surface area contributed by atoms with Crippen molar-refractivity contribution in [3.8, 4) is 5.75 Å². The molecule has 204 valence electrons. The molecule has 2 N–H and O–H groups in total.